The Hall–Kier alpha value is -1.14. The Morgan fingerprint density at radius 3 is 2.38 bits per heavy atom. The minimum absolute atomic E-state index is 0.155. The number of carboxylic acids is 1. The lowest BCUT2D eigenvalue weighted by atomic mass is 10.1. The number of carbonyl (C=O) groups is 2. The fourth-order valence-electron chi connectivity index (χ4n) is 0.881. The summed E-state index contributed by atoms with van der Waals surface area (Å²) in [6.07, 6.45) is 0.600. The Labute approximate surface area is 75.9 Å². The van der Waals surface area contributed by atoms with Crippen molar-refractivity contribution in [3.63, 3.8) is 0 Å². The van der Waals surface area contributed by atoms with Crippen molar-refractivity contribution >= 4 is 11.9 Å². The van der Waals surface area contributed by atoms with E-state index in [0.717, 1.165) is 6.92 Å². The predicted molar refractivity (Wildman–Crippen MR) is 44.0 cm³/mol. The molecule has 0 aromatic rings. The maximum atomic E-state index is 10.6. The van der Waals surface area contributed by atoms with Crippen LogP contribution in [0.25, 0.3) is 0 Å². The van der Waals surface area contributed by atoms with Crippen molar-refractivity contribution in [1.29, 1.82) is 0 Å². The average Bonchev–Trinajstić information content (AvgIpc) is 2.04. The van der Waals surface area contributed by atoms with Crippen LogP contribution in [0.1, 0.15) is 19.8 Å². The van der Waals surface area contributed by atoms with Crippen LogP contribution in [0.15, 0.2) is 0 Å². The fourth-order valence-corrected chi connectivity index (χ4v) is 0.881. The van der Waals surface area contributed by atoms with Crippen LogP contribution in [0.4, 0.5) is 0 Å². The van der Waals surface area contributed by atoms with Crippen LogP contribution >= 0.6 is 0 Å². The molecule has 1 atom stereocenters. The standard InChI is InChI=1S/C7H14N2O4/c1-5(10)9(13)6(7(11)12)3-2-4-8/h6,13H,2-4,8H2,1H3,(H,11,12)/t6-/m1/s1. The van der Waals surface area contributed by atoms with Gasteiger partial charge in [-0.15, -0.1) is 0 Å². The van der Waals surface area contributed by atoms with Crippen molar-refractivity contribution in [2.24, 2.45) is 5.73 Å². The highest BCUT2D eigenvalue weighted by Gasteiger charge is 2.25. The van der Waals surface area contributed by atoms with Crippen LogP contribution in [0.2, 0.25) is 0 Å². The second-order valence-electron chi connectivity index (χ2n) is 2.65. The smallest absolute Gasteiger partial charge is 0.329 e. The summed E-state index contributed by atoms with van der Waals surface area (Å²) in [5.74, 6) is -1.92. The van der Waals surface area contributed by atoms with Crippen LogP contribution in [-0.2, 0) is 9.59 Å². The van der Waals surface area contributed by atoms with E-state index in [9.17, 15) is 9.59 Å². The van der Waals surface area contributed by atoms with Crippen LogP contribution in [0.3, 0.4) is 0 Å². The first-order chi connectivity index (χ1) is 6.00. The van der Waals surface area contributed by atoms with Gasteiger partial charge in [0.15, 0.2) is 6.04 Å². The number of hydroxylamine groups is 2. The molecule has 0 heterocycles. The zero-order valence-corrected chi connectivity index (χ0v) is 7.43. The van der Waals surface area contributed by atoms with Gasteiger partial charge in [0.25, 0.3) is 0 Å². The van der Waals surface area contributed by atoms with Crippen molar-refractivity contribution < 1.29 is 19.9 Å². The Morgan fingerprint density at radius 2 is 2.08 bits per heavy atom. The lowest BCUT2D eigenvalue weighted by Gasteiger charge is -2.20. The maximum Gasteiger partial charge on any atom is 0.329 e. The summed E-state index contributed by atoms with van der Waals surface area (Å²) in [7, 11) is 0. The van der Waals surface area contributed by atoms with Gasteiger partial charge >= 0.3 is 5.97 Å². The van der Waals surface area contributed by atoms with Gasteiger partial charge in [0.1, 0.15) is 0 Å². The third-order valence-corrected chi connectivity index (χ3v) is 1.58. The van der Waals surface area contributed by atoms with Gasteiger partial charge in [-0.3, -0.25) is 10.0 Å². The van der Waals surface area contributed by atoms with E-state index in [-0.39, 0.29) is 11.5 Å². The number of hydrogen-bond acceptors (Lipinski definition) is 4. The minimum Gasteiger partial charge on any atom is -0.480 e. The largest absolute Gasteiger partial charge is 0.480 e. The molecule has 0 aliphatic heterocycles. The summed E-state index contributed by atoms with van der Waals surface area (Å²) < 4.78 is 0. The molecular formula is C7H14N2O4. The summed E-state index contributed by atoms with van der Waals surface area (Å²) in [5, 5.41) is 17.9. The van der Waals surface area contributed by atoms with E-state index in [2.05, 4.69) is 0 Å². The van der Waals surface area contributed by atoms with Gasteiger partial charge in [-0.2, -0.15) is 0 Å². The molecule has 0 saturated heterocycles. The molecule has 0 unspecified atom stereocenters. The summed E-state index contributed by atoms with van der Waals surface area (Å²) >= 11 is 0. The summed E-state index contributed by atoms with van der Waals surface area (Å²) in [5.41, 5.74) is 5.18. The fraction of sp³-hybridized carbons (Fsp3) is 0.714. The van der Waals surface area contributed by atoms with E-state index >= 15 is 0 Å². The van der Waals surface area contributed by atoms with Crippen molar-refractivity contribution in [3.8, 4) is 0 Å². The number of nitrogens with two attached hydrogens (primary N) is 1. The molecule has 0 aliphatic rings. The van der Waals surface area contributed by atoms with E-state index in [4.69, 9.17) is 16.0 Å². The molecule has 1 amide bonds. The second-order valence-corrected chi connectivity index (χ2v) is 2.65. The van der Waals surface area contributed by atoms with Gasteiger partial charge in [-0.1, -0.05) is 0 Å². The highest BCUT2D eigenvalue weighted by molar-refractivity contribution is 5.81. The van der Waals surface area contributed by atoms with Gasteiger partial charge in [0.2, 0.25) is 5.91 Å². The second kappa shape index (κ2) is 5.50. The first-order valence-corrected chi connectivity index (χ1v) is 3.92. The van der Waals surface area contributed by atoms with Gasteiger partial charge in [-0.05, 0) is 19.4 Å². The molecule has 0 bridgehead atoms. The molecule has 0 aliphatic carbocycles. The van der Waals surface area contributed by atoms with Gasteiger partial charge in [0, 0.05) is 6.92 Å². The zero-order valence-electron chi connectivity index (χ0n) is 7.43. The molecule has 4 N–H and O–H groups in total. The molecule has 0 radical (unpaired) electrons. The van der Waals surface area contributed by atoms with E-state index in [1.165, 1.54) is 0 Å². The Bertz CT molecular complexity index is 195. The number of hydrogen-bond donors (Lipinski definition) is 3. The minimum atomic E-state index is -1.23. The monoisotopic (exact) mass is 190 g/mol. The number of amides is 1. The highest BCUT2D eigenvalue weighted by atomic mass is 16.5. The zero-order chi connectivity index (χ0) is 10.4. The molecule has 76 valence electrons. The molecule has 13 heavy (non-hydrogen) atoms. The number of aliphatic carboxylic acids is 1. The van der Waals surface area contributed by atoms with Crippen LogP contribution in [0.5, 0.6) is 0 Å². The van der Waals surface area contributed by atoms with Gasteiger partial charge < -0.3 is 10.8 Å². The van der Waals surface area contributed by atoms with Crippen molar-refractivity contribution in [1.82, 2.24) is 5.06 Å². The normalized spacial score (nSPS) is 12.2. The third kappa shape index (κ3) is 3.86. The quantitative estimate of drug-likeness (QED) is 0.397. The lowest BCUT2D eigenvalue weighted by molar-refractivity contribution is -0.184. The molecule has 0 fully saturated rings. The lowest BCUT2D eigenvalue weighted by Crippen LogP contribution is -2.42. The summed E-state index contributed by atoms with van der Waals surface area (Å²) in [6, 6.07) is -1.19. The van der Waals surface area contributed by atoms with Crippen molar-refractivity contribution in [2.45, 2.75) is 25.8 Å². The van der Waals surface area contributed by atoms with Gasteiger partial charge in [0.05, 0.1) is 0 Å². The van der Waals surface area contributed by atoms with E-state index in [1.807, 2.05) is 0 Å². The Kier molecular flexibility index (Phi) is 5.01. The van der Waals surface area contributed by atoms with Gasteiger partial charge in [-0.25, -0.2) is 9.86 Å². The number of carboxylic acid groups (broad SMARTS) is 1. The molecule has 0 rings (SSSR count). The summed E-state index contributed by atoms with van der Waals surface area (Å²) in [6.45, 7) is 1.42. The molecular weight excluding hydrogens is 176 g/mol. The van der Waals surface area contributed by atoms with Crippen LogP contribution in [-0.4, -0.2) is 39.8 Å². The topological polar surface area (TPSA) is 104 Å². The third-order valence-electron chi connectivity index (χ3n) is 1.58. The first kappa shape index (κ1) is 11.9. The molecule has 6 nitrogen and oxygen atoms in total. The number of rotatable bonds is 5. The van der Waals surface area contributed by atoms with Crippen molar-refractivity contribution in [2.75, 3.05) is 6.54 Å². The Morgan fingerprint density at radius 1 is 1.54 bits per heavy atom. The average molecular weight is 190 g/mol. The molecule has 0 aromatic carbocycles. The van der Waals surface area contributed by atoms with Crippen molar-refractivity contribution in [3.05, 3.63) is 0 Å². The Balaban J connectivity index is 4.24. The molecule has 6 heteroatoms. The highest BCUT2D eigenvalue weighted by Crippen LogP contribution is 2.04. The van der Waals surface area contributed by atoms with Crippen LogP contribution in [0, 0.1) is 0 Å². The SMILES string of the molecule is CC(=O)N(O)[C@H](CCCN)C(=O)O. The predicted octanol–water partition coefficient (Wildman–Crippen LogP) is -0.584. The van der Waals surface area contributed by atoms with Crippen LogP contribution < -0.4 is 5.73 Å². The summed E-state index contributed by atoms with van der Waals surface area (Å²) in [4.78, 5) is 21.2. The number of carbonyl (C=O) groups excluding carboxylic acids is 1. The van der Waals surface area contributed by atoms with E-state index in [0.29, 0.717) is 13.0 Å². The first-order valence-electron chi connectivity index (χ1n) is 3.92. The molecule has 0 spiro atoms. The van der Waals surface area contributed by atoms with E-state index in [1.54, 1.807) is 0 Å². The maximum absolute atomic E-state index is 10.6. The number of nitrogens with zero attached hydrogens (tertiary/aromatic N) is 1. The molecule has 0 saturated carbocycles. The molecule has 0 aromatic heterocycles. The van der Waals surface area contributed by atoms with E-state index < -0.39 is 17.9 Å².